The minimum absolute atomic E-state index is 0.128. The van der Waals surface area contributed by atoms with Crippen molar-refractivity contribution in [3.8, 4) is 6.07 Å². The lowest BCUT2D eigenvalue weighted by Gasteiger charge is -2.21. The Balaban J connectivity index is 2.27. The molecule has 0 radical (unpaired) electrons. The number of benzene rings is 1. The van der Waals surface area contributed by atoms with Gasteiger partial charge in [0.25, 0.3) is 0 Å². The summed E-state index contributed by atoms with van der Waals surface area (Å²) in [5.41, 5.74) is 0.426. The van der Waals surface area contributed by atoms with E-state index in [9.17, 15) is 14.0 Å². The molecule has 1 amide bonds. The quantitative estimate of drug-likeness (QED) is 0.889. The highest BCUT2D eigenvalue weighted by atomic mass is 19.1. The van der Waals surface area contributed by atoms with Crippen LogP contribution < -0.4 is 0 Å². The number of carbonyl (C=O) groups is 2. The first-order valence-electron chi connectivity index (χ1n) is 5.73. The number of carboxylic acids is 1. The second kappa shape index (κ2) is 5.06. The predicted octanol–water partition coefficient (Wildman–Crippen LogP) is 1.27. The van der Waals surface area contributed by atoms with Crippen LogP contribution in [-0.4, -0.2) is 27.9 Å². The molecule has 19 heavy (non-hydrogen) atoms. The van der Waals surface area contributed by atoms with Gasteiger partial charge in [0.15, 0.2) is 0 Å². The molecule has 1 saturated heterocycles. The van der Waals surface area contributed by atoms with Gasteiger partial charge in [-0.25, -0.2) is 9.18 Å². The largest absolute Gasteiger partial charge is 0.480 e. The van der Waals surface area contributed by atoms with Gasteiger partial charge in [0.05, 0.1) is 11.6 Å². The normalized spacial score (nSPS) is 18.4. The molecule has 1 aliphatic heterocycles. The fourth-order valence-electron chi connectivity index (χ4n) is 2.14. The lowest BCUT2D eigenvalue weighted by molar-refractivity contribution is -0.146. The first kappa shape index (κ1) is 13.0. The fourth-order valence-corrected chi connectivity index (χ4v) is 2.14. The van der Waals surface area contributed by atoms with Crippen molar-refractivity contribution in [2.24, 2.45) is 0 Å². The van der Waals surface area contributed by atoms with E-state index in [1.807, 2.05) is 6.07 Å². The van der Waals surface area contributed by atoms with Gasteiger partial charge < -0.3 is 10.0 Å². The molecule has 1 aromatic carbocycles. The van der Waals surface area contributed by atoms with Gasteiger partial charge in [0.2, 0.25) is 5.91 Å². The Labute approximate surface area is 108 Å². The summed E-state index contributed by atoms with van der Waals surface area (Å²) in [6.45, 7) is -0.128. The second-order valence-electron chi connectivity index (χ2n) is 4.33. The standard InChI is InChI=1S/C13H11FN2O3/c14-10-2-1-8(6-15)5-9(10)7-16-11(13(18)19)3-4-12(16)17/h1-2,5,11H,3-4,7H2,(H,18,19). The van der Waals surface area contributed by atoms with Crippen LogP contribution in [0.25, 0.3) is 0 Å². The lowest BCUT2D eigenvalue weighted by Crippen LogP contribution is -2.38. The van der Waals surface area contributed by atoms with E-state index in [0.29, 0.717) is 0 Å². The van der Waals surface area contributed by atoms with E-state index in [1.165, 1.54) is 12.1 Å². The molecule has 0 aromatic heterocycles. The van der Waals surface area contributed by atoms with Crippen molar-refractivity contribution < 1.29 is 19.1 Å². The average molecular weight is 262 g/mol. The fraction of sp³-hybridized carbons (Fsp3) is 0.308. The number of hydrogen-bond donors (Lipinski definition) is 1. The van der Waals surface area contributed by atoms with E-state index < -0.39 is 17.8 Å². The molecule has 1 N–H and O–H groups in total. The van der Waals surface area contributed by atoms with Crippen molar-refractivity contribution in [1.82, 2.24) is 4.90 Å². The molecule has 98 valence electrons. The molecule has 1 unspecified atom stereocenters. The first-order valence-corrected chi connectivity index (χ1v) is 5.73. The topological polar surface area (TPSA) is 81.4 Å². The molecule has 5 nitrogen and oxygen atoms in total. The minimum atomic E-state index is -1.09. The monoisotopic (exact) mass is 262 g/mol. The predicted molar refractivity (Wildman–Crippen MR) is 62.3 cm³/mol. The summed E-state index contributed by atoms with van der Waals surface area (Å²) in [6.07, 6.45) is 0.379. The first-order chi connectivity index (χ1) is 9.02. The van der Waals surface area contributed by atoms with Crippen molar-refractivity contribution in [2.45, 2.75) is 25.4 Å². The van der Waals surface area contributed by atoms with Crippen LogP contribution in [-0.2, 0) is 16.1 Å². The van der Waals surface area contributed by atoms with Crippen LogP contribution >= 0.6 is 0 Å². The molecule has 1 fully saturated rings. The van der Waals surface area contributed by atoms with E-state index in [4.69, 9.17) is 10.4 Å². The number of rotatable bonds is 3. The van der Waals surface area contributed by atoms with Crippen molar-refractivity contribution >= 4 is 11.9 Å². The summed E-state index contributed by atoms with van der Waals surface area (Å²) in [6, 6.07) is 4.77. The summed E-state index contributed by atoms with van der Waals surface area (Å²) < 4.78 is 13.6. The van der Waals surface area contributed by atoms with E-state index in [2.05, 4.69) is 0 Å². The molecular weight excluding hydrogens is 251 g/mol. The number of amides is 1. The average Bonchev–Trinajstić information content (AvgIpc) is 2.74. The molecule has 1 atom stereocenters. The van der Waals surface area contributed by atoms with Crippen LogP contribution in [0.2, 0.25) is 0 Å². The summed E-state index contributed by atoms with van der Waals surface area (Å²) in [4.78, 5) is 23.8. The Morgan fingerprint density at radius 3 is 2.95 bits per heavy atom. The van der Waals surface area contributed by atoms with Crippen LogP contribution in [0.1, 0.15) is 24.0 Å². The van der Waals surface area contributed by atoms with Gasteiger partial charge in [0.1, 0.15) is 11.9 Å². The Morgan fingerprint density at radius 2 is 2.32 bits per heavy atom. The number of hydrogen-bond acceptors (Lipinski definition) is 3. The van der Waals surface area contributed by atoms with E-state index in [1.54, 1.807) is 0 Å². The Morgan fingerprint density at radius 1 is 1.58 bits per heavy atom. The number of halogens is 1. The highest BCUT2D eigenvalue weighted by molar-refractivity contribution is 5.87. The van der Waals surface area contributed by atoms with Gasteiger partial charge >= 0.3 is 5.97 Å². The zero-order chi connectivity index (χ0) is 14.0. The van der Waals surface area contributed by atoms with Crippen LogP contribution in [0.15, 0.2) is 18.2 Å². The molecule has 0 spiro atoms. The van der Waals surface area contributed by atoms with Gasteiger partial charge in [-0.2, -0.15) is 5.26 Å². The van der Waals surface area contributed by atoms with Crippen molar-refractivity contribution in [1.29, 1.82) is 5.26 Å². The van der Waals surface area contributed by atoms with Crippen LogP contribution in [0.4, 0.5) is 4.39 Å². The van der Waals surface area contributed by atoms with E-state index in [-0.39, 0.29) is 36.4 Å². The maximum absolute atomic E-state index is 13.6. The number of aliphatic carboxylic acids is 1. The third-order valence-corrected chi connectivity index (χ3v) is 3.13. The highest BCUT2D eigenvalue weighted by Crippen LogP contribution is 2.23. The summed E-state index contributed by atoms with van der Waals surface area (Å²) in [5.74, 6) is -1.96. The number of likely N-dealkylation sites (tertiary alicyclic amines) is 1. The summed E-state index contributed by atoms with van der Waals surface area (Å²) >= 11 is 0. The Hall–Kier alpha value is -2.42. The maximum atomic E-state index is 13.6. The van der Waals surface area contributed by atoms with Gasteiger partial charge in [-0.15, -0.1) is 0 Å². The second-order valence-corrected chi connectivity index (χ2v) is 4.33. The zero-order valence-corrected chi connectivity index (χ0v) is 9.97. The van der Waals surface area contributed by atoms with Crippen LogP contribution in [0, 0.1) is 17.1 Å². The van der Waals surface area contributed by atoms with E-state index >= 15 is 0 Å². The Kier molecular flexibility index (Phi) is 3.47. The molecule has 1 aliphatic rings. The van der Waals surface area contributed by atoms with Gasteiger partial charge in [-0.05, 0) is 24.6 Å². The van der Waals surface area contributed by atoms with Gasteiger partial charge in [-0.1, -0.05) is 0 Å². The number of nitrogens with zero attached hydrogens (tertiary/aromatic N) is 2. The maximum Gasteiger partial charge on any atom is 0.326 e. The van der Waals surface area contributed by atoms with Crippen molar-refractivity contribution in [3.05, 3.63) is 35.1 Å². The molecule has 0 saturated carbocycles. The summed E-state index contributed by atoms with van der Waals surface area (Å²) in [5, 5.41) is 17.8. The molecule has 1 aromatic rings. The van der Waals surface area contributed by atoms with Gasteiger partial charge in [-0.3, -0.25) is 4.79 Å². The molecular formula is C13H11FN2O3. The molecule has 6 heteroatoms. The minimum Gasteiger partial charge on any atom is -0.480 e. The van der Waals surface area contributed by atoms with Crippen molar-refractivity contribution in [2.75, 3.05) is 0 Å². The van der Waals surface area contributed by atoms with Gasteiger partial charge in [0, 0.05) is 18.5 Å². The number of carboxylic acid groups (broad SMARTS) is 1. The lowest BCUT2D eigenvalue weighted by atomic mass is 10.1. The summed E-state index contributed by atoms with van der Waals surface area (Å²) in [7, 11) is 0. The van der Waals surface area contributed by atoms with Crippen LogP contribution in [0.5, 0.6) is 0 Å². The molecule has 0 bridgehead atoms. The smallest absolute Gasteiger partial charge is 0.326 e. The number of carbonyl (C=O) groups excluding carboxylic acids is 1. The van der Waals surface area contributed by atoms with E-state index in [0.717, 1.165) is 11.0 Å². The zero-order valence-electron chi connectivity index (χ0n) is 9.97. The molecule has 2 rings (SSSR count). The Bertz CT molecular complexity index is 580. The third-order valence-electron chi connectivity index (χ3n) is 3.13. The third kappa shape index (κ3) is 2.55. The number of nitriles is 1. The molecule has 1 heterocycles. The van der Waals surface area contributed by atoms with Crippen LogP contribution in [0.3, 0.4) is 0 Å². The van der Waals surface area contributed by atoms with Crippen molar-refractivity contribution in [3.63, 3.8) is 0 Å². The SMILES string of the molecule is N#Cc1ccc(F)c(CN2C(=O)CCC2C(=O)O)c1. The highest BCUT2D eigenvalue weighted by Gasteiger charge is 2.36. The molecule has 0 aliphatic carbocycles.